The average molecular weight is 299 g/mol. The number of carbonyl (C=O) groups is 1. The SMILES string of the molecule is CCOC(=O)C(CSC1CCCC1)(NC(C)C)C1CC1. The maximum atomic E-state index is 12.6. The van der Waals surface area contributed by atoms with E-state index < -0.39 is 5.54 Å². The van der Waals surface area contributed by atoms with Gasteiger partial charge in [0.15, 0.2) is 0 Å². The fourth-order valence-corrected chi connectivity index (χ4v) is 4.82. The van der Waals surface area contributed by atoms with E-state index in [2.05, 4.69) is 19.2 Å². The van der Waals surface area contributed by atoms with Crippen LogP contribution in [0.4, 0.5) is 0 Å². The Balaban J connectivity index is 2.05. The monoisotopic (exact) mass is 299 g/mol. The predicted molar refractivity (Wildman–Crippen MR) is 85.1 cm³/mol. The van der Waals surface area contributed by atoms with Gasteiger partial charge in [0.1, 0.15) is 5.54 Å². The lowest BCUT2D eigenvalue weighted by molar-refractivity contribution is -0.151. The molecule has 1 atom stereocenters. The average Bonchev–Trinajstić information content (AvgIpc) is 3.12. The molecule has 0 saturated heterocycles. The van der Waals surface area contributed by atoms with Gasteiger partial charge in [-0.1, -0.05) is 12.8 Å². The highest BCUT2D eigenvalue weighted by Crippen LogP contribution is 2.44. The summed E-state index contributed by atoms with van der Waals surface area (Å²) in [7, 11) is 0. The van der Waals surface area contributed by atoms with Crippen molar-refractivity contribution < 1.29 is 9.53 Å². The molecule has 20 heavy (non-hydrogen) atoms. The molecule has 4 heteroatoms. The molecule has 0 radical (unpaired) electrons. The molecule has 0 amide bonds. The molecule has 0 aromatic rings. The second kappa shape index (κ2) is 7.17. The molecule has 116 valence electrons. The fourth-order valence-electron chi connectivity index (χ4n) is 3.22. The van der Waals surface area contributed by atoms with Crippen LogP contribution in [0, 0.1) is 5.92 Å². The van der Waals surface area contributed by atoms with Gasteiger partial charge in [0, 0.05) is 17.0 Å². The number of esters is 1. The van der Waals surface area contributed by atoms with Crippen LogP contribution in [-0.2, 0) is 9.53 Å². The van der Waals surface area contributed by atoms with Crippen molar-refractivity contribution in [2.24, 2.45) is 5.92 Å². The fraction of sp³-hybridized carbons (Fsp3) is 0.938. The Morgan fingerprint density at radius 3 is 2.45 bits per heavy atom. The topological polar surface area (TPSA) is 38.3 Å². The first-order valence-electron chi connectivity index (χ1n) is 8.15. The van der Waals surface area contributed by atoms with Crippen LogP contribution < -0.4 is 5.32 Å². The molecule has 0 heterocycles. The maximum absolute atomic E-state index is 12.6. The van der Waals surface area contributed by atoms with Crippen molar-refractivity contribution in [2.75, 3.05) is 12.4 Å². The van der Waals surface area contributed by atoms with Gasteiger partial charge in [0.05, 0.1) is 6.61 Å². The minimum atomic E-state index is -0.447. The van der Waals surface area contributed by atoms with Crippen LogP contribution in [0.2, 0.25) is 0 Å². The van der Waals surface area contributed by atoms with Crippen molar-refractivity contribution in [1.82, 2.24) is 5.32 Å². The summed E-state index contributed by atoms with van der Waals surface area (Å²) in [5.74, 6) is 1.32. The summed E-state index contributed by atoms with van der Waals surface area (Å²) in [5.41, 5.74) is -0.447. The molecule has 2 aliphatic carbocycles. The maximum Gasteiger partial charge on any atom is 0.327 e. The quantitative estimate of drug-likeness (QED) is 0.697. The summed E-state index contributed by atoms with van der Waals surface area (Å²) in [6.07, 6.45) is 7.65. The summed E-state index contributed by atoms with van der Waals surface area (Å²) in [6.45, 7) is 6.61. The van der Waals surface area contributed by atoms with Crippen LogP contribution in [0.1, 0.15) is 59.3 Å². The molecule has 2 saturated carbocycles. The Kier molecular flexibility index (Phi) is 5.79. The lowest BCUT2D eigenvalue weighted by Gasteiger charge is -2.35. The minimum Gasteiger partial charge on any atom is -0.465 e. The first-order valence-corrected chi connectivity index (χ1v) is 9.20. The van der Waals surface area contributed by atoms with Crippen molar-refractivity contribution in [2.45, 2.75) is 76.1 Å². The van der Waals surface area contributed by atoms with Crippen molar-refractivity contribution in [1.29, 1.82) is 0 Å². The molecule has 0 aliphatic heterocycles. The number of nitrogens with one attached hydrogen (secondary N) is 1. The van der Waals surface area contributed by atoms with Crippen molar-refractivity contribution >= 4 is 17.7 Å². The standard InChI is InChI=1S/C16H29NO2S/c1-4-19-15(18)16(13-9-10-13,17-12(2)3)11-20-14-7-5-6-8-14/h12-14,17H,4-11H2,1-3H3. The van der Waals surface area contributed by atoms with Gasteiger partial charge in [-0.3, -0.25) is 10.1 Å². The van der Waals surface area contributed by atoms with E-state index in [9.17, 15) is 4.79 Å². The van der Waals surface area contributed by atoms with E-state index in [0.29, 0.717) is 18.6 Å². The predicted octanol–water partition coefficient (Wildman–Crippen LogP) is 3.37. The zero-order chi connectivity index (χ0) is 14.6. The van der Waals surface area contributed by atoms with Gasteiger partial charge in [0.2, 0.25) is 0 Å². The second-order valence-electron chi connectivity index (χ2n) is 6.48. The molecule has 2 fully saturated rings. The molecule has 2 aliphatic rings. The lowest BCUT2D eigenvalue weighted by atomic mass is 9.94. The summed E-state index contributed by atoms with van der Waals surface area (Å²) >= 11 is 1.99. The molecule has 0 bridgehead atoms. The third-order valence-corrected chi connectivity index (χ3v) is 5.87. The third-order valence-electron chi connectivity index (χ3n) is 4.31. The van der Waals surface area contributed by atoms with Crippen LogP contribution >= 0.6 is 11.8 Å². The Hall–Kier alpha value is -0.220. The summed E-state index contributed by atoms with van der Waals surface area (Å²) < 4.78 is 5.41. The number of hydrogen-bond donors (Lipinski definition) is 1. The normalized spacial score (nSPS) is 23.0. The molecular formula is C16H29NO2S. The van der Waals surface area contributed by atoms with E-state index in [1.165, 1.54) is 25.7 Å². The van der Waals surface area contributed by atoms with Gasteiger partial charge in [-0.2, -0.15) is 11.8 Å². The number of rotatable bonds is 8. The summed E-state index contributed by atoms with van der Waals surface area (Å²) in [6, 6.07) is 0.309. The van der Waals surface area contributed by atoms with Crippen molar-refractivity contribution in [3.63, 3.8) is 0 Å². The first kappa shape index (κ1) is 16.2. The van der Waals surface area contributed by atoms with Gasteiger partial charge in [-0.25, -0.2) is 0 Å². The molecule has 1 unspecified atom stereocenters. The number of hydrogen-bond acceptors (Lipinski definition) is 4. The van der Waals surface area contributed by atoms with Crippen molar-refractivity contribution in [3.8, 4) is 0 Å². The van der Waals surface area contributed by atoms with E-state index in [0.717, 1.165) is 23.8 Å². The van der Waals surface area contributed by atoms with E-state index in [1.54, 1.807) is 0 Å². The molecule has 0 aromatic carbocycles. The number of carbonyl (C=O) groups excluding carboxylic acids is 1. The smallest absolute Gasteiger partial charge is 0.327 e. The second-order valence-corrected chi connectivity index (χ2v) is 7.77. The molecule has 0 aromatic heterocycles. The molecular weight excluding hydrogens is 270 g/mol. The number of thioether (sulfide) groups is 1. The first-order chi connectivity index (χ1) is 9.58. The van der Waals surface area contributed by atoms with Gasteiger partial charge < -0.3 is 4.74 Å². The van der Waals surface area contributed by atoms with Gasteiger partial charge in [0.25, 0.3) is 0 Å². The Bertz CT molecular complexity index is 324. The highest BCUT2D eigenvalue weighted by Gasteiger charge is 2.52. The summed E-state index contributed by atoms with van der Waals surface area (Å²) in [5, 5.41) is 4.32. The summed E-state index contributed by atoms with van der Waals surface area (Å²) in [4.78, 5) is 12.6. The molecule has 2 rings (SSSR count). The van der Waals surface area contributed by atoms with Gasteiger partial charge in [-0.15, -0.1) is 0 Å². The van der Waals surface area contributed by atoms with Crippen LogP contribution in [0.5, 0.6) is 0 Å². The van der Waals surface area contributed by atoms with Gasteiger partial charge in [-0.05, 0) is 52.4 Å². The van der Waals surface area contributed by atoms with Crippen LogP contribution in [0.3, 0.4) is 0 Å². The van der Waals surface area contributed by atoms with E-state index >= 15 is 0 Å². The Morgan fingerprint density at radius 2 is 1.95 bits per heavy atom. The Labute approximate surface area is 127 Å². The minimum absolute atomic E-state index is 0.0262. The molecule has 3 nitrogen and oxygen atoms in total. The lowest BCUT2D eigenvalue weighted by Crippen LogP contribution is -2.59. The van der Waals surface area contributed by atoms with Gasteiger partial charge >= 0.3 is 5.97 Å². The zero-order valence-corrected chi connectivity index (χ0v) is 13.9. The Morgan fingerprint density at radius 1 is 1.30 bits per heavy atom. The van der Waals surface area contributed by atoms with Crippen molar-refractivity contribution in [3.05, 3.63) is 0 Å². The van der Waals surface area contributed by atoms with E-state index in [4.69, 9.17) is 4.74 Å². The van der Waals surface area contributed by atoms with Crippen LogP contribution in [0.25, 0.3) is 0 Å². The highest BCUT2D eigenvalue weighted by atomic mass is 32.2. The van der Waals surface area contributed by atoms with Crippen LogP contribution in [-0.4, -0.2) is 35.2 Å². The zero-order valence-electron chi connectivity index (χ0n) is 13.1. The van der Waals surface area contributed by atoms with E-state index in [1.807, 2.05) is 18.7 Å². The van der Waals surface area contributed by atoms with Crippen LogP contribution in [0.15, 0.2) is 0 Å². The number of ether oxygens (including phenoxy) is 1. The highest BCUT2D eigenvalue weighted by molar-refractivity contribution is 8.00. The largest absolute Gasteiger partial charge is 0.465 e. The molecule has 0 spiro atoms. The van der Waals surface area contributed by atoms with E-state index in [-0.39, 0.29) is 5.97 Å². The third kappa shape index (κ3) is 3.91. The molecule has 1 N–H and O–H groups in total.